The van der Waals surface area contributed by atoms with Crippen LogP contribution in [0.4, 0.5) is 0 Å². The smallest absolute Gasteiger partial charge is 0.264 e. The third-order valence-corrected chi connectivity index (χ3v) is 8.24. The Morgan fingerprint density at radius 2 is 1.91 bits per heavy atom. The molecular weight excluding hydrogens is 424 g/mol. The first-order chi connectivity index (χ1) is 15.3. The minimum absolute atomic E-state index is 0.0662. The largest absolute Gasteiger partial charge is 0.497 e. The van der Waals surface area contributed by atoms with Gasteiger partial charge in [0.2, 0.25) is 5.91 Å². The highest BCUT2D eigenvalue weighted by atomic mass is 32.2. The molecule has 7 heteroatoms. The summed E-state index contributed by atoms with van der Waals surface area (Å²) in [4.78, 5) is 17.9. The summed E-state index contributed by atoms with van der Waals surface area (Å²) in [7, 11) is -2.46. The molecule has 0 bridgehead atoms. The number of nitrogens with one attached hydrogen (secondary N) is 1. The Hall–Kier alpha value is -2.93. The first-order valence-corrected chi connectivity index (χ1v) is 12.4. The Morgan fingerprint density at radius 1 is 1.12 bits per heavy atom. The van der Waals surface area contributed by atoms with Crippen LogP contribution in [-0.2, 0) is 20.2 Å². The van der Waals surface area contributed by atoms with Gasteiger partial charge in [0.15, 0.2) is 0 Å². The molecule has 2 fully saturated rings. The van der Waals surface area contributed by atoms with E-state index in [1.165, 1.54) is 12.5 Å². The number of nitrogens with zero attached hydrogens (tertiary/aromatic N) is 1. The summed E-state index contributed by atoms with van der Waals surface area (Å²) in [5, 5.41) is 0.500. The van der Waals surface area contributed by atoms with Crippen molar-refractivity contribution in [1.29, 1.82) is 0 Å². The maximum atomic E-state index is 13.4. The lowest BCUT2D eigenvalue weighted by atomic mass is 9.75. The van der Waals surface area contributed by atoms with E-state index in [0.717, 1.165) is 29.7 Å². The fourth-order valence-corrected chi connectivity index (χ4v) is 5.90. The van der Waals surface area contributed by atoms with E-state index >= 15 is 0 Å². The predicted molar refractivity (Wildman–Crippen MR) is 122 cm³/mol. The lowest BCUT2D eigenvalue weighted by Crippen LogP contribution is -2.39. The van der Waals surface area contributed by atoms with Crippen LogP contribution in [0.15, 0.2) is 53.4 Å². The van der Waals surface area contributed by atoms with Crippen molar-refractivity contribution in [2.45, 2.75) is 55.3 Å². The summed E-state index contributed by atoms with van der Waals surface area (Å²) in [5.74, 6) is 0.633. The van der Waals surface area contributed by atoms with Crippen molar-refractivity contribution in [1.82, 2.24) is 9.71 Å². The van der Waals surface area contributed by atoms with Crippen molar-refractivity contribution < 1.29 is 17.9 Å². The number of hydrogen-bond donors (Lipinski definition) is 1. The van der Waals surface area contributed by atoms with Crippen molar-refractivity contribution in [3.8, 4) is 5.75 Å². The first kappa shape index (κ1) is 20.9. The SMILES string of the molecule is COc1ccc(C2CCC2)c(C2(C(=O)NS(=O)(=O)c3cccc4nc(C)ccc34)CC2)c1. The second kappa shape index (κ2) is 7.59. The first-order valence-electron chi connectivity index (χ1n) is 11.0. The van der Waals surface area contributed by atoms with Gasteiger partial charge in [-0.25, -0.2) is 13.1 Å². The number of ether oxygens (including phenoxy) is 1. The monoisotopic (exact) mass is 450 g/mol. The van der Waals surface area contributed by atoms with E-state index in [-0.39, 0.29) is 4.90 Å². The van der Waals surface area contributed by atoms with Crippen LogP contribution in [0, 0.1) is 6.92 Å². The fourth-order valence-electron chi connectivity index (χ4n) is 4.63. The molecule has 32 heavy (non-hydrogen) atoms. The van der Waals surface area contributed by atoms with Crippen molar-refractivity contribution in [2.24, 2.45) is 0 Å². The van der Waals surface area contributed by atoms with Crippen molar-refractivity contribution in [3.63, 3.8) is 0 Å². The highest BCUT2D eigenvalue weighted by Crippen LogP contribution is 2.53. The highest BCUT2D eigenvalue weighted by molar-refractivity contribution is 7.90. The van der Waals surface area contributed by atoms with E-state index in [1.807, 2.05) is 25.1 Å². The van der Waals surface area contributed by atoms with Gasteiger partial charge in [0.1, 0.15) is 5.75 Å². The van der Waals surface area contributed by atoms with E-state index in [9.17, 15) is 13.2 Å². The van der Waals surface area contributed by atoms with Gasteiger partial charge in [-0.05, 0) is 86.1 Å². The molecule has 1 amide bonds. The number of aromatic nitrogens is 1. The van der Waals surface area contributed by atoms with Gasteiger partial charge in [0, 0.05) is 11.1 Å². The van der Waals surface area contributed by atoms with Crippen LogP contribution in [0.25, 0.3) is 10.9 Å². The van der Waals surface area contributed by atoms with Gasteiger partial charge in [-0.2, -0.15) is 0 Å². The second-order valence-corrected chi connectivity index (χ2v) is 10.5. The molecule has 5 rings (SSSR count). The van der Waals surface area contributed by atoms with Crippen LogP contribution in [0.5, 0.6) is 5.75 Å². The quantitative estimate of drug-likeness (QED) is 0.603. The Kier molecular flexibility index (Phi) is 4.97. The molecule has 0 unspecified atom stereocenters. The van der Waals surface area contributed by atoms with Gasteiger partial charge < -0.3 is 4.74 Å². The number of benzene rings is 2. The number of pyridine rings is 1. The number of hydrogen-bond acceptors (Lipinski definition) is 5. The third kappa shape index (κ3) is 3.45. The molecule has 0 radical (unpaired) electrons. The second-order valence-electron chi connectivity index (χ2n) is 8.87. The van der Waals surface area contributed by atoms with Crippen LogP contribution in [0.3, 0.4) is 0 Å². The summed E-state index contributed by atoms with van der Waals surface area (Å²) in [6.45, 7) is 1.85. The maximum absolute atomic E-state index is 13.4. The number of carbonyl (C=O) groups is 1. The zero-order valence-corrected chi connectivity index (χ0v) is 19.0. The number of aryl methyl sites for hydroxylation is 1. The predicted octanol–water partition coefficient (Wildman–Crippen LogP) is 4.36. The van der Waals surface area contributed by atoms with E-state index in [4.69, 9.17) is 4.74 Å². The van der Waals surface area contributed by atoms with Crippen LogP contribution < -0.4 is 9.46 Å². The Bertz CT molecular complexity index is 1330. The molecule has 2 aliphatic carbocycles. The molecule has 6 nitrogen and oxygen atoms in total. The third-order valence-electron chi connectivity index (χ3n) is 6.85. The molecule has 0 spiro atoms. The average molecular weight is 451 g/mol. The van der Waals surface area contributed by atoms with Gasteiger partial charge >= 0.3 is 0 Å². The van der Waals surface area contributed by atoms with E-state index in [2.05, 4.69) is 9.71 Å². The maximum Gasteiger partial charge on any atom is 0.264 e. The number of rotatable bonds is 6. The molecule has 166 valence electrons. The molecule has 0 atom stereocenters. The average Bonchev–Trinajstić information content (AvgIpc) is 3.54. The zero-order chi connectivity index (χ0) is 22.5. The molecule has 3 aromatic rings. The number of carbonyl (C=O) groups excluding carboxylic acids is 1. The van der Waals surface area contributed by atoms with Gasteiger partial charge in [0.25, 0.3) is 10.0 Å². The van der Waals surface area contributed by atoms with E-state index in [1.54, 1.807) is 31.4 Å². The molecule has 1 N–H and O–H groups in total. The van der Waals surface area contributed by atoms with Gasteiger partial charge in [-0.3, -0.25) is 9.78 Å². The van der Waals surface area contributed by atoms with Crippen molar-refractivity contribution in [3.05, 3.63) is 65.4 Å². The molecule has 2 aromatic carbocycles. The van der Waals surface area contributed by atoms with Gasteiger partial charge in [0.05, 0.1) is 22.9 Å². The summed E-state index contributed by atoms with van der Waals surface area (Å²) in [5.41, 5.74) is 2.61. The molecule has 1 aromatic heterocycles. The fraction of sp³-hybridized carbons (Fsp3) is 0.360. The van der Waals surface area contributed by atoms with Crippen LogP contribution >= 0.6 is 0 Å². The number of fused-ring (bicyclic) bond motifs is 1. The topological polar surface area (TPSA) is 85.4 Å². The standard InChI is InChI=1S/C25H26N2O4S/c1-16-9-11-20-22(26-16)7-4-8-23(20)32(29,30)27-24(28)25(13-14-25)21-15-18(31-2)10-12-19(21)17-5-3-6-17/h4,7-12,15,17H,3,5-6,13-14H2,1-2H3,(H,27,28). The number of amides is 1. The Labute approximate surface area is 188 Å². The summed E-state index contributed by atoms with van der Waals surface area (Å²) in [6, 6.07) is 14.3. The Morgan fingerprint density at radius 3 is 2.56 bits per heavy atom. The number of sulfonamides is 1. The van der Waals surface area contributed by atoms with Crippen LogP contribution in [0.1, 0.15) is 54.8 Å². The molecule has 2 saturated carbocycles. The summed E-state index contributed by atoms with van der Waals surface area (Å²) >= 11 is 0. The molecule has 0 saturated heterocycles. The zero-order valence-electron chi connectivity index (χ0n) is 18.2. The molecular formula is C25H26N2O4S. The lowest BCUT2D eigenvalue weighted by Gasteiger charge is -2.30. The molecule has 2 aliphatic rings. The van der Waals surface area contributed by atoms with Crippen LogP contribution in [0.2, 0.25) is 0 Å². The van der Waals surface area contributed by atoms with Gasteiger partial charge in [-0.15, -0.1) is 0 Å². The van der Waals surface area contributed by atoms with E-state index < -0.39 is 21.3 Å². The Balaban J connectivity index is 1.51. The minimum Gasteiger partial charge on any atom is -0.497 e. The summed E-state index contributed by atoms with van der Waals surface area (Å²) < 4.78 is 34.3. The lowest BCUT2D eigenvalue weighted by molar-refractivity contribution is -0.121. The normalized spacial score (nSPS) is 17.6. The number of methoxy groups -OCH3 is 1. The highest BCUT2D eigenvalue weighted by Gasteiger charge is 2.54. The van der Waals surface area contributed by atoms with Crippen molar-refractivity contribution in [2.75, 3.05) is 7.11 Å². The van der Waals surface area contributed by atoms with Gasteiger partial charge in [-0.1, -0.05) is 18.6 Å². The van der Waals surface area contributed by atoms with Crippen LogP contribution in [-0.4, -0.2) is 26.4 Å². The van der Waals surface area contributed by atoms with Crippen molar-refractivity contribution >= 4 is 26.8 Å². The molecule has 1 heterocycles. The summed E-state index contributed by atoms with van der Waals surface area (Å²) in [6.07, 6.45) is 4.61. The van der Waals surface area contributed by atoms with E-state index in [0.29, 0.717) is 35.4 Å². The minimum atomic E-state index is -4.06. The molecule has 0 aliphatic heterocycles.